The van der Waals surface area contributed by atoms with Gasteiger partial charge < -0.3 is 20.3 Å². The maximum Gasteiger partial charge on any atom is 0.306 e. The fraction of sp³-hybridized carbons (Fsp3) is 0.963. The quantitative estimate of drug-likeness (QED) is 0.0419. The lowest BCUT2D eigenvalue weighted by atomic mass is 10.0. The molecule has 60 heavy (non-hydrogen) atoms. The molecule has 0 aromatic rings. The van der Waals surface area contributed by atoms with Crippen LogP contribution in [0.1, 0.15) is 310 Å². The van der Waals surface area contributed by atoms with E-state index in [0.29, 0.717) is 19.3 Å². The summed E-state index contributed by atoms with van der Waals surface area (Å²) in [5, 5.41) is 23.8. The monoisotopic (exact) mass is 850 g/mol. The van der Waals surface area contributed by atoms with Gasteiger partial charge in [0, 0.05) is 6.42 Å². The maximum absolute atomic E-state index is 13.2. The normalized spacial score (nSPS) is 13.1. The van der Waals surface area contributed by atoms with Crippen molar-refractivity contribution in [2.75, 3.05) is 6.61 Å². The summed E-state index contributed by atoms with van der Waals surface area (Å²) in [5.74, 6) is -0.448. The van der Waals surface area contributed by atoms with Crippen molar-refractivity contribution < 1.29 is 24.5 Å². The predicted molar refractivity (Wildman–Crippen MR) is 260 cm³/mol. The molecule has 1 amide bonds. The molecule has 0 rings (SSSR count). The van der Waals surface area contributed by atoms with E-state index in [0.717, 1.165) is 38.5 Å². The van der Waals surface area contributed by atoms with E-state index in [2.05, 4.69) is 26.1 Å². The molecule has 3 atom stereocenters. The largest absolute Gasteiger partial charge is 0.462 e. The lowest BCUT2D eigenvalue weighted by Crippen LogP contribution is -2.46. The van der Waals surface area contributed by atoms with Crippen LogP contribution in [-0.2, 0) is 14.3 Å². The summed E-state index contributed by atoms with van der Waals surface area (Å²) < 4.78 is 5.95. The molecule has 6 nitrogen and oxygen atoms in total. The Balaban J connectivity index is 4.49. The molecule has 0 saturated heterocycles. The van der Waals surface area contributed by atoms with E-state index in [1.165, 1.54) is 225 Å². The Labute approximate surface area is 375 Å². The van der Waals surface area contributed by atoms with E-state index in [-0.39, 0.29) is 24.9 Å². The van der Waals surface area contributed by atoms with Gasteiger partial charge in [-0.15, -0.1) is 0 Å². The minimum absolute atomic E-state index is 0.0881. The summed E-state index contributed by atoms with van der Waals surface area (Å²) in [6.45, 7) is 6.52. The van der Waals surface area contributed by atoms with Crippen LogP contribution in [0.3, 0.4) is 0 Å². The zero-order chi connectivity index (χ0) is 43.8. The highest BCUT2D eigenvalue weighted by Gasteiger charge is 2.24. The summed E-state index contributed by atoms with van der Waals surface area (Å²) >= 11 is 0. The number of carbonyl (C=O) groups excluding carboxylic acids is 2. The van der Waals surface area contributed by atoms with E-state index in [1.807, 2.05) is 0 Å². The summed E-state index contributed by atoms with van der Waals surface area (Å²) in [5.41, 5.74) is 0. The van der Waals surface area contributed by atoms with Crippen molar-refractivity contribution in [2.45, 2.75) is 328 Å². The summed E-state index contributed by atoms with van der Waals surface area (Å²) in [6, 6.07) is -0.692. The lowest BCUT2D eigenvalue weighted by Gasteiger charge is -2.24. The molecule has 0 bridgehead atoms. The molecular formula is C54H107NO5. The van der Waals surface area contributed by atoms with E-state index in [9.17, 15) is 19.8 Å². The number of aliphatic hydroxyl groups excluding tert-OH is 2. The van der Waals surface area contributed by atoms with Gasteiger partial charge in [-0.05, 0) is 25.7 Å². The Morgan fingerprint density at radius 1 is 0.417 bits per heavy atom. The first-order chi connectivity index (χ1) is 29.5. The number of rotatable bonds is 50. The van der Waals surface area contributed by atoms with E-state index < -0.39 is 18.2 Å². The third-order valence-corrected chi connectivity index (χ3v) is 12.9. The van der Waals surface area contributed by atoms with E-state index in [4.69, 9.17) is 4.74 Å². The number of amides is 1. The average Bonchev–Trinajstić information content (AvgIpc) is 3.24. The zero-order valence-corrected chi connectivity index (χ0v) is 40.9. The molecule has 3 N–H and O–H groups in total. The number of hydrogen-bond donors (Lipinski definition) is 3. The predicted octanol–water partition coefficient (Wildman–Crippen LogP) is 16.4. The van der Waals surface area contributed by atoms with Crippen LogP contribution in [0.25, 0.3) is 0 Å². The van der Waals surface area contributed by atoms with Gasteiger partial charge in [0.15, 0.2) is 0 Å². The summed E-state index contributed by atoms with van der Waals surface area (Å²) in [6.07, 6.45) is 53.0. The van der Waals surface area contributed by atoms with Crippen LogP contribution in [0.5, 0.6) is 0 Å². The third-order valence-electron chi connectivity index (χ3n) is 12.9. The average molecular weight is 850 g/mol. The molecule has 0 radical (unpaired) electrons. The first kappa shape index (κ1) is 58.9. The Bertz CT molecular complexity index is 867. The number of unbranched alkanes of at least 4 members (excludes halogenated alkanes) is 38. The van der Waals surface area contributed by atoms with E-state index >= 15 is 0 Å². The highest BCUT2D eigenvalue weighted by atomic mass is 16.5. The van der Waals surface area contributed by atoms with Crippen LogP contribution in [0.2, 0.25) is 0 Å². The number of ether oxygens (including phenoxy) is 1. The molecule has 0 aromatic heterocycles. The molecule has 0 saturated carbocycles. The number of aliphatic hydroxyl groups is 2. The molecule has 0 heterocycles. The highest BCUT2D eigenvalue weighted by molar-refractivity contribution is 5.77. The van der Waals surface area contributed by atoms with Crippen molar-refractivity contribution in [3.8, 4) is 0 Å². The first-order valence-electron chi connectivity index (χ1n) is 27.3. The Morgan fingerprint density at radius 3 is 1.02 bits per heavy atom. The SMILES string of the molecule is CCCCCCCCCCCCCCCCC(=O)OC(CCCCCCCCCCCCCCC)CC(=O)NC(CO)C(O)CCCCCCCCCCCCCCCC. The van der Waals surface area contributed by atoms with Crippen LogP contribution in [0.4, 0.5) is 0 Å². The third kappa shape index (κ3) is 43.5. The van der Waals surface area contributed by atoms with Crippen LogP contribution >= 0.6 is 0 Å². The molecule has 0 spiro atoms. The number of hydrogen-bond acceptors (Lipinski definition) is 5. The Hall–Kier alpha value is -1.14. The summed E-state index contributed by atoms with van der Waals surface area (Å²) in [7, 11) is 0. The lowest BCUT2D eigenvalue weighted by molar-refractivity contribution is -0.151. The Kier molecular flexibility index (Phi) is 48.0. The molecule has 0 aliphatic carbocycles. The van der Waals surface area contributed by atoms with E-state index in [1.54, 1.807) is 0 Å². The zero-order valence-electron chi connectivity index (χ0n) is 40.9. The standard InChI is InChI=1S/C54H107NO5/c1-4-7-10-13-16-19-22-25-28-31-34-37-40-43-46-52(57)51(49-56)55-53(58)48-50(45-42-39-36-33-30-27-24-21-18-15-12-9-6-3)60-54(59)47-44-41-38-35-32-29-26-23-20-17-14-11-8-5-2/h50-52,56-57H,4-49H2,1-3H3,(H,55,58). The van der Waals surface area contributed by atoms with Gasteiger partial charge in [0.05, 0.1) is 25.2 Å². The van der Waals surface area contributed by atoms with Gasteiger partial charge >= 0.3 is 5.97 Å². The number of carbonyl (C=O) groups is 2. The molecule has 0 aromatic carbocycles. The highest BCUT2D eigenvalue weighted by Crippen LogP contribution is 2.19. The van der Waals surface area contributed by atoms with Gasteiger partial charge in [0.25, 0.3) is 0 Å². The molecule has 358 valence electrons. The molecular weight excluding hydrogens is 743 g/mol. The second-order valence-corrected chi connectivity index (χ2v) is 19.0. The van der Waals surface area contributed by atoms with Gasteiger partial charge in [0.1, 0.15) is 6.10 Å². The smallest absolute Gasteiger partial charge is 0.306 e. The topological polar surface area (TPSA) is 95.9 Å². The summed E-state index contributed by atoms with van der Waals surface area (Å²) in [4.78, 5) is 26.2. The van der Waals surface area contributed by atoms with Crippen molar-refractivity contribution in [1.29, 1.82) is 0 Å². The van der Waals surface area contributed by atoms with Crippen molar-refractivity contribution >= 4 is 11.9 Å². The fourth-order valence-electron chi connectivity index (χ4n) is 8.79. The number of nitrogens with one attached hydrogen (secondary N) is 1. The number of esters is 1. The maximum atomic E-state index is 13.2. The van der Waals surface area contributed by atoms with Gasteiger partial charge in [0.2, 0.25) is 5.91 Å². The first-order valence-corrected chi connectivity index (χ1v) is 27.3. The van der Waals surface area contributed by atoms with Gasteiger partial charge in [-0.3, -0.25) is 9.59 Å². The van der Waals surface area contributed by atoms with Gasteiger partial charge in [-0.2, -0.15) is 0 Å². The second-order valence-electron chi connectivity index (χ2n) is 19.0. The van der Waals surface area contributed by atoms with Crippen LogP contribution < -0.4 is 5.32 Å². The minimum Gasteiger partial charge on any atom is -0.462 e. The minimum atomic E-state index is -0.779. The van der Waals surface area contributed by atoms with Gasteiger partial charge in [-0.25, -0.2) is 0 Å². The molecule has 0 aliphatic rings. The molecule has 3 unspecified atom stereocenters. The van der Waals surface area contributed by atoms with Crippen LogP contribution in [0.15, 0.2) is 0 Å². The van der Waals surface area contributed by atoms with Crippen molar-refractivity contribution in [3.05, 3.63) is 0 Å². The van der Waals surface area contributed by atoms with Crippen LogP contribution in [0, 0.1) is 0 Å². The molecule has 0 aliphatic heterocycles. The van der Waals surface area contributed by atoms with Crippen molar-refractivity contribution in [1.82, 2.24) is 5.32 Å². The van der Waals surface area contributed by atoms with Crippen LogP contribution in [-0.4, -0.2) is 46.9 Å². The second kappa shape index (κ2) is 48.9. The van der Waals surface area contributed by atoms with Crippen molar-refractivity contribution in [2.24, 2.45) is 0 Å². The van der Waals surface area contributed by atoms with Gasteiger partial charge in [-0.1, -0.05) is 271 Å². The molecule has 6 heteroatoms. The van der Waals surface area contributed by atoms with Crippen molar-refractivity contribution in [3.63, 3.8) is 0 Å². The molecule has 0 fully saturated rings. The fourth-order valence-corrected chi connectivity index (χ4v) is 8.79. The Morgan fingerprint density at radius 2 is 0.700 bits per heavy atom.